The first-order chi connectivity index (χ1) is 13.1. The molecule has 1 saturated heterocycles. The number of hydrogen-bond donors (Lipinski definition) is 0. The Morgan fingerprint density at radius 3 is 2.56 bits per heavy atom. The molecule has 2 aromatic carbocycles. The Morgan fingerprint density at radius 2 is 1.85 bits per heavy atom. The third-order valence-corrected chi connectivity index (χ3v) is 7.21. The summed E-state index contributed by atoms with van der Waals surface area (Å²) in [6.45, 7) is 0. The van der Waals surface area contributed by atoms with E-state index in [1.54, 1.807) is 26.0 Å². The van der Waals surface area contributed by atoms with Gasteiger partial charge >= 0.3 is 5.97 Å². The van der Waals surface area contributed by atoms with Crippen molar-refractivity contribution in [2.24, 2.45) is 0 Å². The van der Waals surface area contributed by atoms with Crippen molar-refractivity contribution in [3.63, 3.8) is 0 Å². The number of thioether (sulfide) groups is 1. The summed E-state index contributed by atoms with van der Waals surface area (Å²) in [7, 11) is 3.19. The van der Waals surface area contributed by atoms with Gasteiger partial charge in [0.1, 0.15) is 11.5 Å². The molecule has 0 amide bonds. The highest BCUT2D eigenvalue weighted by Crippen LogP contribution is 2.53. The highest BCUT2D eigenvalue weighted by molar-refractivity contribution is 9.11. The van der Waals surface area contributed by atoms with Gasteiger partial charge < -0.3 is 14.2 Å². The summed E-state index contributed by atoms with van der Waals surface area (Å²) >= 11 is 5.31. The van der Waals surface area contributed by atoms with Crippen molar-refractivity contribution in [1.29, 1.82) is 0 Å². The van der Waals surface area contributed by atoms with Crippen LogP contribution in [0.15, 0.2) is 64.0 Å². The SMILES string of the molecule is COc1ccc([C@@]23C=C(Br)[C@@H](CC2Sc2ccccc2)OC3=O)cc1OC. The molecule has 3 atom stereocenters. The maximum atomic E-state index is 13.1. The summed E-state index contributed by atoms with van der Waals surface area (Å²) in [5.41, 5.74) is -0.0399. The van der Waals surface area contributed by atoms with Crippen LogP contribution < -0.4 is 9.47 Å². The van der Waals surface area contributed by atoms with Gasteiger partial charge in [0.05, 0.1) is 14.2 Å². The minimum Gasteiger partial charge on any atom is -0.493 e. The quantitative estimate of drug-likeness (QED) is 0.622. The topological polar surface area (TPSA) is 44.8 Å². The molecule has 0 radical (unpaired) electrons. The summed E-state index contributed by atoms with van der Waals surface area (Å²) in [5.74, 6) is 1.01. The van der Waals surface area contributed by atoms with Gasteiger partial charge in [-0.05, 0) is 35.9 Å². The van der Waals surface area contributed by atoms with E-state index >= 15 is 0 Å². The van der Waals surface area contributed by atoms with Gasteiger partial charge in [-0.25, -0.2) is 0 Å². The zero-order chi connectivity index (χ0) is 19.0. The summed E-state index contributed by atoms with van der Waals surface area (Å²) < 4.78 is 17.5. The van der Waals surface area contributed by atoms with E-state index in [1.807, 2.05) is 42.5 Å². The van der Waals surface area contributed by atoms with Crippen LogP contribution in [-0.2, 0) is 14.9 Å². The molecule has 2 bridgehead atoms. The lowest BCUT2D eigenvalue weighted by atomic mass is 9.70. The van der Waals surface area contributed by atoms with Gasteiger partial charge in [0.15, 0.2) is 11.5 Å². The number of carbonyl (C=O) groups excluding carboxylic acids is 1. The zero-order valence-electron chi connectivity index (χ0n) is 15.0. The van der Waals surface area contributed by atoms with Gasteiger partial charge in [-0.2, -0.15) is 0 Å². The summed E-state index contributed by atoms with van der Waals surface area (Å²) in [5, 5.41) is 0.0190. The van der Waals surface area contributed by atoms with Crippen LogP contribution in [0.4, 0.5) is 0 Å². The normalized spacial score (nSPS) is 26.3. The van der Waals surface area contributed by atoms with Crippen molar-refractivity contribution in [2.45, 2.75) is 28.1 Å². The number of benzene rings is 2. The molecule has 1 aliphatic carbocycles. The number of esters is 1. The van der Waals surface area contributed by atoms with E-state index in [9.17, 15) is 4.79 Å². The van der Waals surface area contributed by atoms with Crippen LogP contribution in [0.1, 0.15) is 12.0 Å². The first-order valence-corrected chi connectivity index (χ1v) is 10.3. The van der Waals surface area contributed by atoms with E-state index in [0.29, 0.717) is 11.5 Å². The maximum absolute atomic E-state index is 13.1. The van der Waals surface area contributed by atoms with Crippen molar-refractivity contribution in [3.05, 3.63) is 64.7 Å². The summed E-state index contributed by atoms with van der Waals surface area (Å²) in [6, 6.07) is 15.8. The van der Waals surface area contributed by atoms with E-state index in [4.69, 9.17) is 14.2 Å². The van der Waals surface area contributed by atoms with Gasteiger partial charge in [0.2, 0.25) is 0 Å². The van der Waals surface area contributed by atoms with E-state index < -0.39 is 5.41 Å². The van der Waals surface area contributed by atoms with Gasteiger partial charge in [0.25, 0.3) is 0 Å². The molecule has 1 fully saturated rings. The number of methoxy groups -OCH3 is 2. The molecule has 0 N–H and O–H groups in total. The van der Waals surface area contributed by atoms with Crippen LogP contribution in [0.2, 0.25) is 0 Å². The Hall–Kier alpha value is -1.92. The summed E-state index contributed by atoms with van der Waals surface area (Å²) in [4.78, 5) is 14.2. The van der Waals surface area contributed by atoms with Gasteiger partial charge in [-0.1, -0.05) is 40.2 Å². The third-order valence-electron chi connectivity index (χ3n) is 5.08. The predicted molar refractivity (Wildman–Crippen MR) is 109 cm³/mol. The molecule has 27 heavy (non-hydrogen) atoms. The number of ether oxygens (including phenoxy) is 3. The molecule has 0 spiro atoms. The second-order valence-corrected chi connectivity index (χ2v) is 8.71. The molecule has 6 heteroatoms. The van der Waals surface area contributed by atoms with Crippen molar-refractivity contribution < 1.29 is 19.0 Å². The van der Waals surface area contributed by atoms with Gasteiger partial charge in [-0.15, -0.1) is 11.8 Å². The lowest BCUT2D eigenvalue weighted by molar-refractivity contribution is -0.159. The van der Waals surface area contributed by atoms with Crippen LogP contribution in [0.3, 0.4) is 0 Å². The minimum atomic E-state index is -0.881. The van der Waals surface area contributed by atoms with Crippen LogP contribution in [0, 0.1) is 0 Å². The van der Waals surface area contributed by atoms with Crippen LogP contribution >= 0.6 is 27.7 Å². The Morgan fingerprint density at radius 1 is 1.11 bits per heavy atom. The smallest absolute Gasteiger partial charge is 0.322 e. The fourth-order valence-electron chi connectivity index (χ4n) is 3.70. The molecular formula is C21H19BrO4S. The molecule has 4 nitrogen and oxygen atoms in total. The molecule has 2 aromatic rings. The van der Waals surface area contributed by atoms with E-state index in [0.717, 1.165) is 21.4 Å². The predicted octanol–water partition coefficient (Wildman–Crippen LogP) is 4.71. The van der Waals surface area contributed by atoms with Crippen molar-refractivity contribution in [3.8, 4) is 11.5 Å². The number of halogens is 1. The van der Waals surface area contributed by atoms with Gasteiger partial charge in [-0.3, -0.25) is 4.79 Å². The minimum absolute atomic E-state index is 0.0190. The Bertz CT molecular complexity index is 898. The van der Waals surface area contributed by atoms with Crippen LogP contribution in [0.5, 0.6) is 11.5 Å². The molecule has 5 rings (SSSR count). The van der Waals surface area contributed by atoms with E-state index in [-0.39, 0.29) is 17.3 Å². The molecular weight excluding hydrogens is 428 g/mol. The van der Waals surface area contributed by atoms with Crippen molar-refractivity contribution in [2.75, 3.05) is 14.2 Å². The fraction of sp³-hybridized carbons (Fsp3) is 0.286. The standard InChI is InChI=1S/C21H19BrO4S/c1-24-16-9-8-13(10-18(16)25-2)21-12-15(22)17(26-20(21)23)11-19(21)27-14-6-4-3-5-7-14/h3-10,12,17,19H,11H2,1-2H3/t17-,19?,21+/m1/s1. The Balaban J connectivity index is 1.83. The maximum Gasteiger partial charge on any atom is 0.322 e. The van der Waals surface area contributed by atoms with Crippen molar-refractivity contribution in [1.82, 2.24) is 0 Å². The zero-order valence-corrected chi connectivity index (χ0v) is 17.4. The molecule has 3 aliphatic rings. The third kappa shape index (κ3) is 3.05. The molecule has 2 heterocycles. The lowest BCUT2D eigenvalue weighted by Gasteiger charge is -2.47. The van der Waals surface area contributed by atoms with E-state index in [2.05, 4.69) is 28.1 Å². The lowest BCUT2D eigenvalue weighted by Crippen LogP contribution is -2.55. The van der Waals surface area contributed by atoms with E-state index in [1.165, 1.54) is 0 Å². The molecule has 2 aliphatic heterocycles. The number of carbonyl (C=O) groups is 1. The highest BCUT2D eigenvalue weighted by atomic mass is 79.9. The Kier molecular flexibility index (Phi) is 4.95. The molecule has 1 unspecified atom stereocenters. The van der Waals surface area contributed by atoms with Crippen molar-refractivity contribution >= 4 is 33.7 Å². The second kappa shape index (κ2) is 7.24. The van der Waals surface area contributed by atoms with Gasteiger partial charge in [0, 0.05) is 21.0 Å². The molecule has 0 aromatic heterocycles. The van der Waals surface area contributed by atoms with Crippen LogP contribution in [-0.4, -0.2) is 31.5 Å². The number of rotatable bonds is 5. The first kappa shape index (κ1) is 18.4. The number of fused-ring (bicyclic) bond motifs is 2. The highest BCUT2D eigenvalue weighted by Gasteiger charge is 2.56. The largest absolute Gasteiger partial charge is 0.493 e. The summed E-state index contributed by atoms with van der Waals surface area (Å²) in [6.07, 6.45) is 2.53. The number of hydrogen-bond acceptors (Lipinski definition) is 5. The second-order valence-electron chi connectivity index (χ2n) is 6.52. The Labute approximate surface area is 171 Å². The molecule has 140 valence electrons. The monoisotopic (exact) mass is 446 g/mol. The van der Waals surface area contributed by atoms with Crippen LogP contribution in [0.25, 0.3) is 0 Å². The average molecular weight is 447 g/mol. The average Bonchev–Trinajstić information content (AvgIpc) is 2.69. The first-order valence-electron chi connectivity index (χ1n) is 8.62. The fourth-order valence-corrected chi connectivity index (χ4v) is 5.74. The molecule has 0 saturated carbocycles.